The molecule has 0 saturated heterocycles. The van der Waals surface area contributed by atoms with Gasteiger partial charge in [-0.1, -0.05) is 19.4 Å². The minimum atomic E-state index is -0.134. The number of carbonyl (C=O) groups is 1. The summed E-state index contributed by atoms with van der Waals surface area (Å²) in [6, 6.07) is 0. The van der Waals surface area contributed by atoms with Crippen LogP contribution in [0.3, 0.4) is 0 Å². The predicted molar refractivity (Wildman–Crippen MR) is 82.3 cm³/mol. The van der Waals surface area contributed by atoms with Crippen LogP contribution in [0.4, 0.5) is 0 Å². The molecule has 0 aromatic heterocycles. The average molecular weight is 285 g/mol. The molecule has 0 radical (unpaired) electrons. The molecule has 0 aromatic carbocycles. The van der Waals surface area contributed by atoms with Crippen LogP contribution in [0, 0.1) is 5.92 Å². The third-order valence-electron chi connectivity index (χ3n) is 3.04. The Morgan fingerprint density at radius 3 is 2.45 bits per heavy atom. The molecular formula is C16H31NO3. The summed E-state index contributed by atoms with van der Waals surface area (Å²) in [5, 5.41) is 1.21. The van der Waals surface area contributed by atoms with Crippen molar-refractivity contribution in [3.8, 4) is 0 Å². The quantitative estimate of drug-likeness (QED) is 0.480. The van der Waals surface area contributed by atoms with Gasteiger partial charge in [0.25, 0.3) is 5.91 Å². The van der Waals surface area contributed by atoms with E-state index in [1.165, 1.54) is 12.2 Å². The van der Waals surface area contributed by atoms with E-state index in [2.05, 4.69) is 27.7 Å². The lowest BCUT2D eigenvalue weighted by Crippen LogP contribution is -2.24. The van der Waals surface area contributed by atoms with Gasteiger partial charge in [0.05, 0.1) is 19.3 Å². The molecule has 20 heavy (non-hydrogen) atoms. The van der Waals surface area contributed by atoms with E-state index >= 15 is 0 Å². The van der Waals surface area contributed by atoms with E-state index in [4.69, 9.17) is 9.57 Å². The second kappa shape index (κ2) is 9.94. The number of rotatable bonds is 9. The Balaban J connectivity index is 4.08. The van der Waals surface area contributed by atoms with Crippen molar-refractivity contribution in [1.29, 1.82) is 0 Å². The normalized spacial score (nSPS) is 13.7. The fourth-order valence-corrected chi connectivity index (χ4v) is 1.80. The second-order valence-electron chi connectivity index (χ2n) is 6.08. The molecule has 0 heterocycles. The van der Waals surface area contributed by atoms with Gasteiger partial charge in [0, 0.05) is 13.1 Å². The maximum absolute atomic E-state index is 11.5. The molecule has 1 unspecified atom stereocenters. The van der Waals surface area contributed by atoms with E-state index in [9.17, 15) is 4.79 Å². The average Bonchev–Trinajstić information content (AvgIpc) is 2.38. The zero-order valence-electron chi connectivity index (χ0n) is 13.9. The number of allylic oxidation sites excluding steroid dienone is 1. The van der Waals surface area contributed by atoms with Crippen LogP contribution in [-0.2, 0) is 14.4 Å². The first-order chi connectivity index (χ1) is 9.30. The number of amides is 1. The minimum absolute atomic E-state index is 0.0844. The zero-order chi connectivity index (χ0) is 15.6. The van der Waals surface area contributed by atoms with Gasteiger partial charge in [-0.15, -0.1) is 0 Å². The van der Waals surface area contributed by atoms with Gasteiger partial charge in [-0.25, -0.2) is 5.06 Å². The molecule has 0 aliphatic heterocycles. The van der Waals surface area contributed by atoms with Crippen molar-refractivity contribution in [2.45, 2.75) is 59.0 Å². The van der Waals surface area contributed by atoms with Gasteiger partial charge in [-0.3, -0.25) is 9.63 Å². The molecule has 1 atom stereocenters. The van der Waals surface area contributed by atoms with Crippen LogP contribution in [-0.4, -0.2) is 37.3 Å². The Hall–Kier alpha value is -0.870. The molecule has 4 heteroatoms. The van der Waals surface area contributed by atoms with E-state index in [1.54, 1.807) is 13.1 Å². The molecule has 118 valence electrons. The monoisotopic (exact) mass is 285 g/mol. The first-order valence-electron chi connectivity index (χ1n) is 7.42. The number of hydrogen-bond donors (Lipinski definition) is 0. The third kappa shape index (κ3) is 9.98. The lowest BCUT2D eigenvalue weighted by molar-refractivity contribution is -0.162. The molecule has 1 amide bonds. The van der Waals surface area contributed by atoms with Crippen LogP contribution in [0.5, 0.6) is 0 Å². The van der Waals surface area contributed by atoms with Crippen LogP contribution in [0.15, 0.2) is 12.2 Å². The number of hydrogen-bond acceptors (Lipinski definition) is 3. The Morgan fingerprint density at radius 2 is 1.95 bits per heavy atom. The Morgan fingerprint density at radius 1 is 1.30 bits per heavy atom. The van der Waals surface area contributed by atoms with Crippen LogP contribution < -0.4 is 0 Å². The van der Waals surface area contributed by atoms with E-state index in [0.29, 0.717) is 5.92 Å². The summed E-state index contributed by atoms with van der Waals surface area (Å²) in [6.07, 6.45) is 7.74. The van der Waals surface area contributed by atoms with Crippen molar-refractivity contribution in [3.63, 3.8) is 0 Å². The number of nitrogens with zero attached hydrogens (tertiary/aromatic N) is 1. The highest BCUT2D eigenvalue weighted by molar-refractivity contribution is 5.86. The molecule has 0 spiro atoms. The molecule has 4 nitrogen and oxygen atoms in total. The fourth-order valence-electron chi connectivity index (χ4n) is 1.80. The van der Waals surface area contributed by atoms with Crippen LogP contribution in [0.25, 0.3) is 0 Å². The summed E-state index contributed by atoms with van der Waals surface area (Å²) in [4.78, 5) is 16.3. The van der Waals surface area contributed by atoms with Crippen molar-refractivity contribution in [2.75, 3.05) is 20.8 Å². The lowest BCUT2D eigenvalue weighted by atomic mass is 9.98. The first kappa shape index (κ1) is 19.1. The van der Waals surface area contributed by atoms with Gasteiger partial charge in [0.15, 0.2) is 0 Å². The van der Waals surface area contributed by atoms with Gasteiger partial charge in [-0.2, -0.15) is 0 Å². The minimum Gasteiger partial charge on any atom is -0.376 e. The summed E-state index contributed by atoms with van der Waals surface area (Å²) in [6.45, 7) is 9.22. The van der Waals surface area contributed by atoms with Crippen molar-refractivity contribution in [3.05, 3.63) is 12.2 Å². The van der Waals surface area contributed by atoms with E-state index in [0.717, 1.165) is 32.3 Å². The van der Waals surface area contributed by atoms with Crippen LogP contribution in [0.1, 0.15) is 53.4 Å². The van der Waals surface area contributed by atoms with E-state index < -0.39 is 0 Å². The molecule has 0 rings (SSSR count). The molecule has 0 saturated carbocycles. The van der Waals surface area contributed by atoms with Gasteiger partial charge >= 0.3 is 0 Å². The maximum Gasteiger partial charge on any atom is 0.269 e. The lowest BCUT2D eigenvalue weighted by Gasteiger charge is -2.24. The molecule has 0 fully saturated rings. The van der Waals surface area contributed by atoms with Crippen molar-refractivity contribution in [1.82, 2.24) is 5.06 Å². The number of likely N-dealkylation sites (N-methyl/N-ethyl adjacent to an activating group) is 1. The Labute approximate surface area is 124 Å². The highest BCUT2D eigenvalue weighted by Crippen LogP contribution is 2.18. The standard InChI is InChI=1S/C16H31NO3/c1-7-10-14(13-20-16(2,3)4)11-8-9-12-15(18)17(5)19-6/h9,12,14H,7-8,10-11,13H2,1-6H3/b12-9+. The number of hydroxylamine groups is 2. The predicted octanol–water partition coefficient (Wildman–Crippen LogP) is 3.57. The molecule has 0 bridgehead atoms. The SMILES string of the molecule is CCCC(CC/C=C/C(=O)N(C)OC)COC(C)(C)C. The van der Waals surface area contributed by atoms with Crippen LogP contribution in [0.2, 0.25) is 0 Å². The Kier molecular flexibility index (Phi) is 9.51. The highest BCUT2D eigenvalue weighted by Gasteiger charge is 2.14. The summed E-state index contributed by atoms with van der Waals surface area (Å²) in [7, 11) is 3.08. The largest absolute Gasteiger partial charge is 0.376 e. The first-order valence-corrected chi connectivity index (χ1v) is 7.42. The molecular weight excluding hydrogens is 254 g/mol. The highest BCUT2D eigenvalue weighted by atomic mass is 16.7. The summed E-state index contributed by atoms with van der Waals surface area (Å²) >= 11 is 0. The third-order valence-corrected chi connectivity index (χ3v) is 3.04. The van der Waals surface area contributed by atoms with E-state index in [1.807, 2.05) is 6.08 Å². The number of carbonyl (C=O) groups excluding carboxylic acids is 1. The summed E-state index contributed by atoms with van der Waals surface area (Å²) in [5.74, 6) is 0.421. The summed E-state index contributed by atoms with van der Waals surface area (Å²) in [5.41, 5.74) is -0.0844. The zero-order valence-corrected chi connectivity index (χ0v) is 13.9. The number of ether oxygens (including phenoxy) is 1. The molecule has 0 N–H and O–H groups in total. The van der Waals surface area contributed by atoms with Crippen LogP contribution >= 0.6 is 0 Å². The topological polar surface area (TPSA) is 38.8 Å². The van der Waals surface area contributed by atoms with E-state index in [-0.39, 0.29) is 11.5 Å². The summed E-state index contributed by atoms with van der Waals surface area (Å²) < 4.78 is 5.86. The smallest absolute Gasteiger partial charge is 0.269 e. The van der Waals surface area contributed by atoms with Gasteiger partial charge in [0.2, 0.25) is 0 Å². The van der Waals surface area contributed by atoms with Crippen molar-refractivity contribution >= 4 is 5.91 Å². The maximum atomic E-state index is 11.5. The Bertz CT molecular complexity index is 295. The van der Waals surface area contributed by atoms with Crippen molar-refractivity contribution in [2.24, 2.45) is 5.92 Å². The van der Waals surface area contributed by atoms with Gasteiger partial charge in [0.1, 0.15) is 0 Å². The molecule has 0 aliphatic rings. The fraction of sp³-hybridized carbons (Fsp3) is 0.812. The second-order valence-corrected chi connectivity index (χ2v) is 6.08. The molecule has 0 aromatic rings. The van der Waals surface area contributed by atoms with Gasteiger partial charge < -0.3 is 4.74 Å². The van der Waals surface area contributed by atoms with Crippen molar-refractivity contribution < 1.29 is 14.4 Å². The molecule has 0 aliphatic carbocycles. The van der Waals surface area contributed by atoms with Gasteiger partial charge in [-0.05, 0) is 46.0 Å².